The molecule has 2 N–H and O–H groups in total. The maximum absolute atomic E-state index is 12.5. The van der Waals surface area contributed by atoms with Gasteiger partial charge in [-0.3, -0.25) is 5.32 Å². The molecule has 4 rings (SSSR count). The number of nitrogens with zero attached hydrogens (tertiary/aromatic N) is 3. The second kappa shape index (κ2) is 11.5. The van der Waals surface area contributed by atoms with Gasteiger partial charge in [0.2, 0.25) is 0 Å². The van der Waals surface area contributed by atoms with Crippen LogP contribution in [-0.2, 0) is 11.5 Å². The van der Waals surface area contributed by atoms with E-state index in [0.717, 1.165) is 41.3 Å². The summed E-state index contributed by atoms with van der Waals surface area (Å²) in [5.74, 6) is 2.40. The maximum Gasteiger partial charge on any atom is 0.320 e. The van der Waals surface area contributed by atoms with Gasteiger partial charge in [0, 0.05) is 57.4 Å². The summed E-state index contributed by atoms with van der Waals surface area (Å²) in [4.78, 5) is 19.6. The van der Waals surface area contributed by atoms with Crippen LogP contribution >= 0.6 is 0 Å². The molecule has 2 amide bonds. The van der Waals surface area contributed by atoms with Crippen molar-refractivity contribution in [1.29, 1.82) is 0 Å². The summed E-state index contributed by atoms with van der Waals surface area (Å²) < 4.78 is 19.4. The summed E-state index contributed by atoms with van der Waals surface area (Å²) in [6, 6.07) is 10.4. The Balaban J connectivity index is 1.62. The normalized spacial score (nSPS) is 14.4. The number of aromatic nitrogens is 2. The van der Waals surface area contributed by atoms with Crippen molar-refractivity contribution in [3.05, 3.63) is 36.5 Å². The molecule has 0 aliphatic carbocycles. The molecule has 1 aliphatic heterocycles. The van der Waals surface area contributed by atoms with E-state index >= 15 is 0 Å². The average Bonchev–Trinajstić information content (AvgIpc) is 3.20. The van der Waals surface area contributed by atoms with Crippen molar-refractivity contribution in [3.63, 3.8) is 0 Å². The fraction of sp³-hybridized carbons (Fsp3) is 0.481. The van der Waals surface area contributed by atoms with Crippen LogP contribution in [0, 0.1) is 5.92 Å². The molecule has 200 valence electrons. The molecule has 1 saturated heterocycles. The SMILES string of the molecule is COc1cccc(OC)c1-c1cn(COCC[Si](C)(C)C)c2nc(NC(=O)NCC3CN(C)C3)ccc12. The van der Waals surface area contributed by atoms with Crippen molar-refractivity contribution in [3.8, 4) is 22.6 Å². The number of ether oxygens (including phenoxy) is 3. The van der Waals surface area contributed by atoms with Gasteiger partial charge in [-0.25, -0.2) is 9.78 Å². The Morgan fingerprint density at radius 1 is 1.11 bits per heavy atom. The molecule has 1 aromatic carbocycles. The summed E-state index contributed by atoms with van der Waals surface area (Å²) >= 11 is 0. The van der Waals surface area contributed by atoms with Crippen LogP contribution in [0.5, 0.6) is 11.5 Å². The topological polar surface area (TPSA) is 89.9 Å². The van der Waals surface area contributed by atoms with E-state index < -0.39 is 8.07 Å². The lowest BCUT2D eigenvalue weighted by molar-refractivity contribution is 0.0899. The van der Waals surface area contributed by atoms with Gasteiger partial charge in [0.05, 0.1) is 19.8 Å². The van der Waals surface area contributed by atoms with Gasteiger partial charge in [0.15, 0.2) is 0 Å². The van der Waals surface area contributed by atoms with Crippen molar-refractivity contribution in [1.82, 2.24) is 19.8 Å². The summed E-state index contributed by atoms with van der Waals surface area (Å²) in [6.45, 7) is 10.7. The number of anilines is 1. The van der Waals surface area contributed by atoms with Crippen molar-refractivity contribution in [2.45, 2.75) is 32.4 Å². The second-order valence-electron chi connectivity index (χ2n) is 10.9. The third-order valence-electron chi connectivity index (χ3n) is 6.58. The van der Waals surface area contributed by atoms with E-state index in [0.29, 0.717) is 43.1 Å². The number of carbonyl (C=O) groups excluding carboxylic acids is 1. The number of nitrogens with one attached hydrogen (secondary N) is 2. The van der Waals surface area contributed by atoms with Gasteiger partial charge in [-0.05, 0) is 37.4 Å². The lowest BCUT2D eigenvalue weighted by atomic mass is 10.0. The first-order chi connectivity index (χ1) is 17.7. The number of methoxy groups -OCH3 is 2. The maximum atomic E-state index is 12.5. The molecule has 3 aromatic rings. The minimum atomic E-state index is -1.21. The number of likely N-dealkylation sites (tertiary alicyclic amines) is 1. The highest BCUT2D eigenvalue weighted by atomic mass is 28.3. The standard InChI is InChI=1S/C27H39N5O4Si/c1-31-15-19(16-31)14-28-27(33)30-24-11-10-20-21(25-22(34-2)8-7-9-23(25)35-3)17-32(26(20)29-24)18-36-12-13-37(4,5)6/h7-11,17,19H,12-16,18H2,1-6H3,(H2,28,29,30,33). The number of hydrogen-bond acceptors (Lipinski definition) is 6. The van der Waals surface area contributed by atoms with E-state index in [1.165, 1.54) is 0 Å². The highest BCUT2D eigenvalue weighted by Crippen LogP contribution is 2.42. The number of benzene rings is 1. The third-order valence-corrected chi connectivity index (χ3v) is 8.28. The third kappa shape index (κ3) is 6.62. The number of fused-ring (bicyclic) bond motifs is 1. The van der Waals surface area contributed by atoms with Gasteiger partial charge in [0.25, 0.3) is 0 Å². The molecule has 10 heteroatoms. The quantitative estimate of drug-likeness (QED) is 0.278. The Kier molecular flexibility index (Phi) is 8.41. The molecule has 9 nitrogen and oxygen atoms in total. The highest BCUT2D eigenvalue weighted by molar-refractivity contribution is 6.76. The summed E-state index contributed by atoms with van der Waals surface area (Å²) in [5, 5.41) is 6.76. The first-order valence-electron chi connectivity index (χ1n) is 12.7. The van der Waals surface area contributed by atoms with E-state index in [1.807, 2.05) is 41.1 Å². The molecule has 0 saturated carbocycles. The summed E-state index contributed by atoms with van der Waals surface area (Å²) in [7, 11) is 4.17. The molecule has 1 fully saturated rings. The van der Waals surface area contributed by atoms with Gasteiger partial charge in [0.1, 0.15) is 29.7 Å². The van der Waals surface area contributed by atoms with Gasteiger partial charge in [-0.1, -0.05) is 25.7 Å². The lowest BCUT2D eigenvalue weighted by Crippen LogP contribution is -2.49. The molecule has 0 spiro atoms. The van der Waals surface area contributed by atoms with E-state index in [-0.39, 0.29) is 6.03 Å². The Hall–Kier alpha value is -3.08. The fourth-order valence-corrected chi connectivity index (χ4v) is 5.30. The first kappa shape index (κ1) is 27.0. The van der Waals surface area contributed by atoms with Crippen LogP contribution in [0.4, 0.5) is 10.6 Å². The van der Waals surface area contributed by atoms with Gasteiger partial charge < -0.3 is 29.0 Å². The van der Waals surface area contributed by atoms with Gasteiger partial charge in [-0.15, -0.1) is 0 Å². The summed E-state index contributed by atoms with van der Waals surface area (Å²) in [5.41, 5.74) is 2.49. The molecule has 0 bridgehead atoms. The number of rotatable bonds is 11. The average molecular weight is 526 g/mol. The zero-order valence-corrected chi connectivity index (χ0v) is 23.8. The van der Waals surface area contributed by atoms with Gasteiger partial charge in [-0.2, -0.15) is 0 Å². The number of pyridine rings is 1. The van der Waals surface area contributed by atoms with E-state index in [2.05, 4.69) is 42.2 Å². The molecule has 0 radical (unpaired) electrons. The Labute approximate surface area is 220 Å². The minimum absolute atomic E-state index is 0.252. The van der Waals surface area contributed by atoms with E-state index in [1.54, 1.807) is 14.2 Å². The zero-order valence-electron chi connectivity index (χ0n) is 22.8. The first-order valence-corrected chi connectivity index (χ1v) is 16.4. The van der Waals surface area contributed by atoms with Crippen LogP contribution in [0.1, 0.15) is 0 Å². The van der Waals surface area contributed by atoms with Crippen LogP contribution in [0.15, 0.2) is 36.5 Å². The minimum Gasteiger partial charge on any atom is -0.496 e. The molecule has 2 aromatic heterocycles. The van der Waals surface area contributed by atoms with Crippen molar-refractivity contribution in [2.24, 2.45) is 5.92 Å². The van der Waals surface area contributed by atoms with Gasteiger partial charge >= 0.3 is 6.03 Å². The molecule has 37 heavy (non-hydrogen) atoms. The largest absolute Gasteiger partial charge is 0.496 e. The van der Waals surface area contributed by atoms with Crippen LogP contribution in [0.3, 0.4) is 0 Å². The smallest absolute Gasteiger partial charge is 0.320 e. The second-order valence-corrected chi connectivity index (χ2v) is 16.5. The molecular formula is C27H39N5O4Si. The monoisotopic (exact) mass is 525 g/mol. The van der Waals surface area contributed by atoms with Crippen LogP contribution in [0.25, 0.3) is 22.2 Å². The molecule has 1 aliphatic rings. The van der Waals surface area contributed by atoms with Crippen LogP contribution in [0.2, 0.25) is 25.7 Å². The molecule has 0 unspecified atom stereocenters. The van der Waals surface area contributed by atoms with E-state index in [9.17, 15) is 4.79 Å². The predicted octanol–water partition coefficient (Wildman–Crippen LogP) is 4.72. The number of hydrogen-bond donors (Lipinski definition) is 2. The fourth-order valence-electron chi connectivity index (χ4n) is 4.54. The summed E-state index contributed by atoms with van der Waals surface area (Å²) in [6.07, 6.45) is 2.02. The lowest BCUT2D eigenvalue weighted by Gasteiger charge is -2.36. The van der Waals surface area contributed by atoms with Crippen molar-refractivity contribution < 1.29 is 19.0 Å². The Morgan fingerprint density at radius 3 is 2.43 bits per heavy atom. The van der Waals surface area contributed by atoms with Crippen LogP contribution in [-0.4, -0.2) is 76.1 Å². The van der Waals surface area contributed by atoms with Crippen molar-refractivity contribution >= 4 is 31.0 Å². The Morgan fingerprint density at radius 2 is 1.81 bits per heavy atom. The van der Waals surface area contributed by atoms with E-state index in [4.69, 9.17) is 19.2 Å². The van der Waals surface area contributed by atoms with Crippen LogP contribution < -0.4 is 20.1 Å². The molecule has 0 atom stereocenters. The number of amides is 2. The number of urea groups is 1. The zero-order chi connectivity index (χ0) is 26.6. The number of carbonyl (C=O) groups is 1. The Bertz CT molecular complexity index is 1210. The molecular weight excluding hydrogens is 486 g/mol. The van der Waals surface area contributed by atoms with Crippen molar-refractivity contribution in [2.75, 3.05) is 52.8 Å². The predicted molar refractivity (Wildman–Crippen MR) is 150 cm³/mol. The highest BCUT2D eigenvalue weighted by Gasteiger charge is 2.24. The molecule has 3 heterocycles.